The molecule has 266 valence electrons. The number of carbonyl (C=O) groups is 1. The lowest BCUT2D eigenvalue weighted by atomic mass is 9.76. The zero-order chi connectivity index (χ0) is 36.5. The molecule has 0 radical (unpaired) electrons. The summed E-state index contributed by atoms with van der Waals surface area (Å²) in [5.74, 6) is 6.60. The average Bonchev–Trinajstić information content (AvgIpc) is 3.36. The van der Waals surface area contributed by atoms with Crippen LogP contribution in [0.15, 0.2) is 87.8 Å². The second kappa shape index (κ2) is 17.5. The van der Waals surface area contributed by atoms with Crippen molar-refractivity contribution in [3.63, 3.8) is 0 Å². The minimum atomic E-state index is -0.789. The lowest BCUT2D eigenvalue weighted by Gasteiger charge is -2.27. The summed E-state index contributed by atoms with van der Waals surface area (Å²) < 4.78 is 12.9. The van der Waals surface area contributed by atoms with E-state index in [9.17, 15) is 14.9 Å². The molecule has 6 nitrogen and oxygen atoms in total. The molecule has 0 saturated carbocycles. The van der Waals surface area contributed by atoms with Gasteiger partial charge in [0, 0.05) is 43.0 Å². The van der Waals surface area contributed by atoms with E-state index in [2.05, 4.69) is 113 Å². The molecule has 1 aliphatic rings. The predicted octanol–water partition coefficient (Wildman–Crippen LogP) is 12.3. The van der Waals surface area contributed by atoms with Gasteiger partial charge in [0.2, 0.25) is 0 Å². The Balaban J connectivity index is 1.16. The summed E-state index contributed by atoms with van der Waals surface area (Å²) >= 11 is 7.26. The second-order valence-corrected chi connectivity index (χ2v) is 15.6. The second-order valence-electron chi connectivity index (χ2n) is 13.7. The Hall–Kier alpha value is -3.93. The Kier molecular flexibility index (Phi) is 13.2. The molecule has 0 aliphatic heterocycles. The van der Waals surface area contributed by atoms with E-state index in [1.165, 1.54) is 59.6 Å². The first kappa shape index (κ1) is 38.3. The summed E-state index contributed by atoms with van der Waals surface area (Å²) in [4.78, 5) is 24.1. The van der Waals surface area contributed by atoms with Crippen LogP contribution in [0.25, 0.3) is 11.1 Å². The third-order valence-electron chi connectivity index (χ3n) is 10.1. The smallest absolute Gasteiger partial charge is 0.434 e. The molecular weight excluding hydrogens is 770 g/mol. The molecule has 8 heteroatoms. The number of fused-ring (bicyclic) bond motifs is 3. The van der Waals surface area contributed by atoms with E-state index < -0.39 is 17.0 Å². The normalized spacial score (nSPS) is 13.7. The minimum absolute atomic E-state index is 0.0356. The van der Waals surface area contributed by atoms with Crippen molar-refractivity contribution in [2.45, 2.75) is 84.0 Å². The van der Waals surface area contributed by atoms with Gasteiger partial charge in [-0.2, -0.15) is 0 Å². The number of nitrogens with zero attached hydrogens (tertiary/aromatic N) is 1. The van der Waals surface area contributed by atoms with Crippen LogP contribution in [-0.4, -0.2) is 24.3 Å². The van der Waals surface area contributed by atoms with Crippen molar-refractivity contribution in [1.29, 1.82) is 0 Å². The minimum Gasteiger partial charge on any atom is -0.434 e. The van der Waals surface area contributed by atoms with E-state index in [1.807, 2.05) is 12.1 Å². The monoisotopic (exact) mass is 813 g/mol. The van der Waals surface area contributed by atoms with Gasteiger partial charge < -0.3 is 9.47 Å². The van der Waals surface area contributed by atoms with Crippen LogP contribution in [0.3, 0.4) is 0 Å². The number of ether oxygens (including phenoxy) is 2. The third kappa shape index (κ3) is 9.50. The maximum Gasteiger partial charge on any atom is 0.508 e. The van der Waals surface area contributed by atoms with Crippen LogP contribution in [0.4, 0.5) is 10.5 Å². The van der Waals surface area contributed by atoms with Crippen LogP contribution in [-0.2, 0) is 21.3 Å². The van der Waals surface area contributed by atoms with E-state index in [1.54, 1.807) is 19.1 Å². The number of nitro benzene ring substituents is 1. The highest BCUT2D eigenvalue weighted by atomic mass is 79.9. The largest absolute Gasteiger partial charge is 0.508 e. The van der Waals surface area contributed by atoms with Gasteiger partial charge in [-0.3, -0.25) is 10.1 Å². The van der Waals surface area contributed by atoms with E-state index in [0.717, 1.165) is 27.4 Å². The van der Waals surface area contributed by atoms with Crippen molar-refractivity contribution >= 4 is 43.7 Å². The van der Waals surface area contributed by atoms with Crippen molar-refractivity contribution in [1.82, 2.24) is 0 Å². The molecule has 2 atom stereocenters. The highest BCUT2D eigenvalue weighted by Crippen LogP contribution is 2.52. The lowest BCUT2D eigenvalue weighted by molar-refractivity contribution is -0.385. The van der Waals surface area contributed by atoms with Gasteiger partial charge in [-0.05, 0) is 102 Å². The van der Waals surface area contributed by atoms with E-state index >= 15 is 0 Å². The van der Waals surface area contributed by atoms with Crippen molar-refractivity contribution < 1.29 is 19.2 Å². The van der Waals surface area contributed by atoms with Crippen LogP contribution in [0.1, 0.15) is 106 Å². The number of rotatable bonds is 14. The third-order valence-corrected chi connectivity index (χ3v) is 11.0. The molecule has 1 aliphatic carbocycles. The number of benzene rings is 4. The van der Waals surface area contributed by atoms with Gasteiger partial charge in [0.25, 0.3) is 5.69 Å². The standard InChI is InChI=1S/C43H45Br2NO5/c1-5-7-9-30(6-2)24-32-13-10-31(11-14-32)12-15-33-16-21-41(46(48)49)38(25-33)29(3)28-51-42(47)50-23-8-22-43(4)39-26-34(44)17-19-36(39)37-20-18-35(45)27-40(37)43/h10-11,13-14,16-21,25-27,29-30H,5-9,22-24,28H2,1-4H3. The molecule has 0 amide bonds. The van der Waals surface area contributed by atoms with E-state index in [-0.39, 0.29) is 24.3 Å². The van der Waals surface area contributed by atoms with E-state index in [4.69, 9.17) is 9.47 Å². The molecule has 4 aromatic rings. The summed E-state index contributed by atoms with van der Waals surface area (Å²) in [6.45, 7) is 8.65. The first-order valence-corrected chi connectivity index (χ1v) is 19.4. The molecule has 0 fully saturated rings. The fraction of sp³-hybridized carbons (Fsp3) is 0.372. The summed E-state index contributed by atoms with van der Waals surface area (Å²) in [6.07, 6.45) is 6.60. The maximum atomic E-state index is 12.6. The van der Waals surface area contributed by atoms with Crippen molar-refractivity contribution in [2.75, 3.05) is 13.2 Å². The van der Waals surface area contributed by atoms with Crippen molar-refractivity contribution in [2.24, 2.45) is 5.92 Å². The molecule has 0 spiro atoms. The van der Waals surface area contributed by atoms with Gasteiger partial charge in [-0.25, -0.2) is 4.79 Å². The van der Waals surface area contributed by atoms with Crippen LogP contribution in [0.2, 0.25) is 0 Å². The van der Waals surface area contributed by atoms with Gasteiger partial charge in [0.1, 0.15) is 6.61 Å². The Morgan fingerprint density at radius 3 is 2.10 bits per heavy atom. The summed E-state index contributed by atoms with van der Waals surface area (Å²) in [7, 11) is 0. The Bertz CT molecular complexity index is 1880. The molecule has 0 saturated heterocycles. The van der Waals surface area contributed by atoms with E-state index in [0.29, 0.717) is 23.5 Å². The number of hydrogen-bond acceptors (Lipinski definition) is 5. The number of nitro groups is 1. The van der Waals surface area contributed by atoms with Crippen LogP contribution < -0.4 is 0 Å². The first-order valence-electron chi connectivity index (χ1n) is 17.8. The topological polar surface area (TPSA) is 78.7 Å². The zero-order valence-corrected chi connectivity index (χ0v) is 32.9. The average molecular weight is 816 g/mol. The SMILES string of the molecule is CCCCC(CC)Cc1ccc(C#Cc2ccc([N+](=O)[O-])c(C(C)COC(=O)OCCCC3(C)c4cc(Br)ccc4-c4ccc(Br)cc43)c2)cc1. The van der Waals surface area contributed by atoms with Gasteiger partial charge in [-0.15, -0.1) is 0 Å². The zero-order valence-electron chi connectivity index (χ0n) is 29.8. The Labute approximate surface area is 318 Å². The molecule has 5 rings (SSSR count). The van der Waals surface area contributed by atoms with Crippen molar-refractivity contribution in [3.8, 4) is 23.0 Å². The van der Waals surface area contributed by atoms with Gasteiger partial charge in [-0.1, -0.05) is 121 Å². The lowest BCUT2D eigenvalue weighted by Crippen LogP contribution is -2.22. The van der Waals surface area contributed by atoms with Gasteiger partial charge in [0.15, 0.2) is 0 Å². The Morgan fingerprint density at radius 2 is 1.49 bits per heavy atom. The first-order chi connectivity index (χ1) is 24.5. The van der Waals surface area contributed by atoms with Gasteiger partial charge in [0.05, 0.1) is 11.5 Å². The molecule has 2 unspecified atom stereocenters. The van der Waals surface area contributed by atoms with Gasteiger partial charge >= 0.3 is 6.16 Å². The Morgan fingerprint density at radius 1 is 0.863 bits per heavy atom. The van der Waals surface area contributed by atoms with Crippen LogP contribution >= 0.6 is 31.9 Å². The number of halogens is 2. The summed E-state index contributed by atoms with van der Waals surface area (Å²) in [5.41, 5.74) is 7.94. The number of unbranched alkanes of at least 4 members (excludes halogenated alkanes) is 1. The summed E-state index contributed by atoms with van der Waals surface area (Å²) in [5, 5.41) is 11.9. The molecule has 0 N–H and O–H groups in total. The highest BCUT2D eigenvalue weighted by molar-refractivity contribution is 9.10. The number of carbonyl (C=O) groups excluding carboxylic acids is 1. The number of hydrogen-bond donors (Lipinski definition) is 0. The molecule has 51 heavy (non-hydrogen) atoms. The molecule has 0 heterocycles. The quantitative estimate of drug-likeness (QED) is 0.0416. The predicted molar refractivity (Wildman–Crippen MR) is 211 cm³/mol. The van der Waals surface area contributed by atoms with Crippen LogP contribution in [0, 0.1) is 27.9 Å². The fourth-order valence-electron chi connectivity index (χ4n) is 7.07. The maximum absolute atomic E-state index is 12.6. The molecule has 4 aromatic carbocycles. The fourth-order valence-corrected chi connectivity index (χ4v) is 7.80. The highest BCUT2D eigenvalue weighted by Gasteiger charge is 2.39. The summed E-state index contributed by atoms with van der Waals surface area (Å²) in [6, 6.07) is 26.0. The van der Waals surface area contributed by atoms with Crippen molar-refractivity contribution in [3.05, 3.63) is 131 Å². The molecular formula is C43H45Br2NO5. The molecule has 0 bridgehead atoms. The van der Waals surface area contributed by atoms with Crippen LogP contribution in [0.5, 0.6) is 0 Å². The molecule has 0 aromatic heterocycles.